The van der Waals surface area contributed by atoms with Crippen LogP contribution < -0.4 is 5.32 Å². The zero-order chi connectivity index (χ0) is 12.1. The summed E-state index contributed by atoms with van der Waals surface area (Å²) in [5.74, 6) is -0.0749. The Kier molecular flexibility index (Phi) is 4.93. The van der Waals surface area contributed by atoms with Crippen LogP contribution in [-0.2, 0) is 9.59 Å². The molecule has 0 aromatic carbocycles. The SMILES string of the molecule is CCCN1C(=O)CC(NC(CC)CC)C1=O. The van der Waals surface area contributed by atoms with Crippen LogP contribution in [0, 0.1) is 0 Å². The van der Waals surface area contributed by atoms with Crippen molar-refractivity contribution in [2.75, 3.05) is 6.54 Å². The summed E-state index contributed by atoms with van der Waals surface area (Å²) in [6.07, 6.45) is 3.13. The smallest absolute Gasteiger partial charge is 0.246 e. The van der Waals surface area contributed by atoms with E-state index in [9.17, 15) is 9.59 Å². The standard InChI is InChI=1S/C12H22N2O2/c1-4-7-14-11(15)8-10(12(14)16)13-9(5-2)6-3/h9-10,13H,4-8H2,1-3H3. The molecule has 0 bridgehead atoms. The van der Waals surface area contributed by atoms with Gasteiger partial charge in [0.1, 0.15) is 0 Å². The van der Waals surface area contributed by atoms with Gasteiger partial charge in [0.15, 0.2) is 0 Å². The van der Waals surface area contributed by atoms with Gasteiger partial charge in [-0.15, -0.1) is 0 Å². The molecule has 0 radical (unpaired) electrons. The Morgan fingerprint density at radius 2 is 1.94 bits per heavy atom. The van der Waals surface area contributed by atoms with Gasteiger partial charge in [0, 0.05) is 12.6 Å². The average molecular weight is 226 g/mol. The van der Waals surface area contributed by atoms with Crippen LogP contribution in [0.15, 0.2) is 0 Å². The first-order chi connectivity index (χ1) is 7.63. The van der Waals surface area contributed by atoms with E-state index in [-0.39, 0.29) is 17.9 Å². The summed E-state index contributed by atoms with van der Waals surface area (Å²) < 4.78 is 0. The Hall–Kier alpha value is -0.900. The maximum Gasteiger partial charge on any atom is 0.246 e. The molecule has 0 aromatic heterocycles. The zero-order valence-corrected chi connectivity index (χ0v) is 10.5. The maximum atomic E-state index is 11.9. The largest absolute Gasteiger partial charge is 0.303 e. The molecular weight excluding hydrogens is 204 g/mol. The van der Waals surface area contributed by atoms with Crippen molar-refractivity contribution in [1.29, 1.82) is 0 Å². The van der Waals surface area contributed by atoms with Gasteiger partial charge >= 0.3 is 0 Å². The number of rotatable bonds is 6. The lowest BCUT2D eigenvalue weighted by atomic mass is 10.1. The monoisotopic (exact) mass is 226 g/mol. The zero-order valence-electron chi connectivity index (χ0n) is 10.5. The fourth-order valence-electron chi connectivity index (χ4n) is 2.08. The highest BCUT2D eigenvalue weighted by Crippen LogP contribution is 2.15. The fourth-order valence-corrected chi connectivity index (χ4v) is 2.08. The third kappa shape index (κ3) is 2.82. The average Bonchev–Trinajstić information content (AvgIpc) is 2.54. The Labute approximate surface area is 97.4 Å². The summed E-state index contributed by atoms with van der Waals surface area (Å²) in [5.41, 5.74) is 0. The van der Waals surface area contributed by atoms with Crippen LogP contribution in [0.3, 0.4) is 0 Å². The van der Waals surface area contributed by atoms with Gasteiger partial charge in [-0.1, -0.05) is 20.8 Å². The van der Waals surface area contributed by atoms with Gasteiger partial charge in [0.25, 0.3) is 0 Å². The molecule has 2 amide bonds. The molecule has 16 heavy (non-hydrogen) atoms. The molecule has 1 unspecified atom stereocenters. The van der Waals surface area contributed by atoms with E-state index in [2.05, 4.69) is 19.2 Å². The van der Waals surface area contributed by atoms with E-state index >= 15 is 0 Å². The van der Waals surface area contributed by atoms with E-state index in [1.165, 1.54) is 4.90 Å². The number of likely N-dealkylation sites (tertiary alicyclic amines) is 1. The molecule has 1 fully saturated rings. The van der Waals surface area contributed by atoms with E-state index in [0.717, 1.165) is 19.3 Å². The molecule has 92 valence electrons. The molecule has 0 aromatic rings. The predicted octanol–water partition coefficient (Wildman–Crippen LogP) is 1.30. The van der Waals surface area contributed by atoms with Gasteiger partial charge in [0.2, 0.25) is 11.8 Å². The number of imide groups is 1. The van der Waals surface area contributed by atoms with Crippen molar-refractivity contribution in [3.63, 3.8) is 0 Å². The molecule has 0 aliphatic carbocycles. The van der Waals surface area contributed by atoms with Crippen LogP contribution in [0.5, 0.6) is 0 Å². The lowest BCUT2D eigenvalue weighted by molar-refractivity contribution is -0.138. The molecule has 1 aliphatic rings. The summed E-state index contributed by atoms with van der Waals surface area (Å²) in [5, 5.41) is 3.27. The van der Waals surface area contributed by atoms with E-state index in [0.29, 0.717) is 19.0 Å². The number of nitrogens with one attached hydrogen (secondary N) is 1. The van der Waals surface area contributed by atoms with Crippen molar-refractivity contribution >= 4 is 11.8 Å². The Morgan fingerprint density at radius 3 is 2.44 bits per heavy atom. The van der Waals surface area contributed by atoms with Gasteiger partial charge in [-0.3, -0.25) is 14.5 Å². The number of hydrogen-bond donors (Lipinski definition) is 1. The van der Waals surface area contributed by atoms with E-state index < -0.39 is 0 Å². The number of hydrogen-bond acceptors (Lipinski definition) is 3. The first-order valence-corrected chi connectivity index (χ1v) is 6.24. The second-order valence-electron chi connectivity index (χ2n) is 4.32. The first-order valence-electron chi connectivity index (χ1n) is 6.24. The molecule has 1 atom stereocenters. The number of nitrogens with zero attached hydrogens (tertiary/aromatic N) is 1. The van der Waals surface area contributed by atoms with Crippen LogP contribution in [0.4, 0.5) is 0 Å². The van der Waals surface area contributed by atoms with E-state index in [4.69, 9.17) is 0 Å². The molecule has 4 nitrogen and oxygen atoms in total. The molecule has 1 saturated heterocycles. The highest BCUT2D eigenvalue weighted by Gasteiger charge is 2.38. The second-order valence-corrected chi connectivity index (χ2v) is 4.32. The molecule has 1 rings (SSSR count). The summed E-state index contributed by atoms with van der Waals surface area (Å²) in [7, 11) is 0. The van der Waals surface area contributed by atoms with Crippen molar-refractivity contribution in [1.82, 2.24) is 10.2 Å². The highest BCUT2D eigenvalue weighted by molar-refractivity contribution is 6.05. The minimum atomic E-state index is -0.288. The molecule has 0 spiro atoms. The Morgan fingerprint density at radius 1 is 1.31 bits per heavy atom. The van der Waals surface area contributed by atoms with Crippen LogP contribution in [0.25, 0.3) is 0 Å². The van der Waals surface area contributed by atoms with Crippen molar-refractivity contribution in [2.45, 2.75) is 58.5 Å². The first kappa shape index (κ1) is 13.2. The minimum absolute atomic E-state index is 0.0321. The van der Waals surface area contributed by atoms with Crippen molar-refractivity contribution in [2.24, 2.45) is 0 Å². The summed E-state index contributed by atoms with van der Waals surface area (Å²) in [4.78, 5) is 24.9. The van der Waals surface area contributed by atoms with Crippen molar-refractivity contribution < 1.29 is 9.59 Å². The number of carbonyl (C=O) groups excluding carboxylic acids is 2. The molecule has 1 aliphatic heterocycles. The topological polar surface area (TPSA) is 49.4 Å². The van der Waals surface area contributed by atoms with Crippen LogP contribution >= 0.6 is 0 Å². The van der Waals surface area contributed by atoms with Crippen LogP contribution in [0.2, 0.25) is 0 Å². The molecule has 0 saturated carbocycles. The lowest BCUT2D eigenvalue weighted by Crippen LogP contribution is -2.43. The number of carbonyl (C=O) groups is 2. The van der Waals surface area contributed by atoms with Gasteiger partial charge in [-0.05, 0) is 19.3 Å². The Bertz CT molecular complexity index is 262. The van der Waals surface area contributed by atoms with Gasteiger partial charge in [0.05, 0.1) is 12.5 Å². The highest BCUT2D eigenvalue weighted by atomic mass is 16.2. The van der Waals surface area contributed by atoms with Crippen LogP contribution in [-0.4, -0.2) is 35.3 Å². The lowest BCUT2D eigenvalue weighted by Gasteiger charge is -2.19. The summed E-state index contributed by atoms with van der Waals surface area (Å²) in [6.45, 7) is 6.71. The third-order valence-corrected chi connectivity index (χ3v) is 3.11. The number of amides is 2. The van der Waals surface area contributed by atoms with Crippen LogP contribution in [0.1, 0.15) is 46.5 Å². The molecular formula is C12H22N2O2. The minimum Gasteiger partial charge on any atom is -0.303 e. The molecule has 4 heteroatoms. The van der Waals surface area contributed by atoms with Crippen molar-refractivity contribution in [3.8, 4) is 0 Å². The third-order valence-electron chi connectivity index (χ3n) is 3.11. The van der Waals surface area contributed by atoms with E-state index in [1.807, 2.05) is 6.92 Å². The maximum absolute atomic E-state index is 11.9. The fraction of sp³-hybridized carbons (Fsp3) is 0.833. The van der Waals surface area contributed by atoms with E-state index in [1.54, 1.807) is 0 Å². The predicted molar refractivity (Wildman–Crippen MR) is 62.9 cm³/mol. The molecule has 1 heterocycles. The summed E-state index contributed by atoms with van der Waals surface area (Å²) in [6, 6.07) is 0.0484. The van der Waals surface area contributed by atoms with Gasteiger partial charge in [-0.2, -0.15) is 0 Å². The van der Waals surface area contributed by atoms with Gasteiger partial charge < -0.3 is 5.32 Å². The Balaban J connectivity index is 2.58. The van der Waals surface area contributed by atoms with Crippen molar-refractivity contribution in [3.05, 3.63) is 0 Å². The normalized spacial score (nSPS) is 21.2. The summed E-state index contributed by atoms with van der Waals surface area (Å²) >= 11 is 0. The quantitative estimate of drug-likeness (QED) is 0.695. The second kappa shape index (κ2) is 5.99. The molecule has 1 N–H and O–H groups in total. The van der Waals surface area contributed by atoms with Gasteiger partial charge in [-0.25, -0.2) is 0 Å².